The Labute approximate surface area is 125 Å². The molecule has 0 bridgehead atoms. The molecule has 0 aromatic heterocycles. The molecule has 1 heterocycles. The maximum atomic E-state index is 6.09. The van der Waals surface area contributed by atoms with E-state index in [0.717, 1.165) is 31.5 Å². The molecule has 1 aliphatic carbocycles. The minimum atomic E-state index is 0.363. The maximum Gasteiger partial charge on any atom is 0.0838 e. The number of hydrogen-bond acceptors (Lipinski definition) is 2. The lowest BCUT2D eigenvalue weighted by Crippen LogP contribution is -2.41. The van der Waals surface area contributed by atoms with Crippen LogP contribution in [0.4, 0.5) is 0 Å². The monoisotopic (exact) mass is 282 g/mol. The topological polar surface area (TPSA) is 18.5 Å². The number of rotatable bonds is 7. The Morgan fingerprint density at radius 1 is 0.800 bits per heavy atom. The van der Waals surface area contributed by atoms with Gasteiger partial charge in [-0.15, -0.1) is 0 Å². The number of unbranched alkanes of at least 4 members (excludes halogenated alkanes) is 2. The van der Waals surface area contributed by atoms with E-state index >= 15 is 0 Å². The van der Waals surface area contributed by atoms with Crippen LogP contribution in [0.25, 0.3) is 0 Å². The molecule has 2 nitrogen and oxygen atoms in total. The van der Waals surface area contributed by atoms with Crippen molar-refractivity contribution in [3.63, 3.8) is 0 Å². The zero-order chi connectivity index (χ0) is 14.2. The highest BCUT2D eigenvalue weighted by atomic mass is 16.6. The third kappa shape index (κ3) is 5.04. The second kappa shape index (κ2) is 9.04. The van der Waals surface area contributed by atoms with Crippen LogP contribution in [0.5, 0.6) is 0 Å². The summed E-state index contributed by atoms with van der Waals surface area (Å²) in [5, 5.41) is 0. The van der Waals surface area contributed by atoms with Crippen molar-refractivity contribution in [3.8, 4) is 0 Å². The highest BCUT2D eigenvalue weighted by molar-refractivity contribution is 4.80. The van der Waals surface area contributed by atoms with Crippen LogP contribution in [0.1, 0.15) is 78.1 Å². The van der Waals surface area contributed by atoms with Gasteiger partial charge in [0.15, 0.2) is 0 Å². The molecule has 118 valence electrons. The lowest BCUT2D eigenvalue weighted by molar-refractivity contribution is -0.156. The molecular weight excluding hydrogens is 248 g/mol. The zero-order valence-corrected chi connectivity index (χ0v) is 13.6. The van der Waals surface area contributed by atoms with E-state index in [-0.39, 0.29) is 0 Å². The van der Waals surface area contributed by atoms with Gasteiger partial charge in [0, 0.05) is 0 Å². The zero-order valence-electron chi connectivity index (χ0n) is 13.6. The van der Waals surface area contributed by atoms with Gasteiger partial charge in [0.2, 0.25) is 0 Å². The first-order chi connectivity index (χ1) is 9.83. The lowest BCUT2D eigenvalue weighted by atomic mass is 9.77. The van der Waals surface area contributed by atoms with Crippen LogP contribution >= 0.6 is 0 Å². The van der Waals surface area contributed by atoms with Crippen LogP contribution in [0, 0.1) is 11.8 Å². The number of ether oxygens (including phenoxy) is 2. The van der Waals surface area contributed by atoms with E-state index in [4.69, 9.17) is 9.47 Å². The molecule has 20 heavy (non-hydrogen) atoms. The summed E-state index contributed by atoms with van der Waals surface area (Å²) >= 11 is 0. The van der Waals surface area contributed by atoms with E-state index in [9.17, 15) is 0 Å². The Kier molecular flexibility index (Phi) is 7.37. The summed E-state index contributed by atoms with van der Waals surface area (Å²) < 4.78 is 12.1. The van der Waals surface area contributed by atoms with Crippen LogP contribution in [-0.2, 0) is 9.47 Å². The molecule has 2 heteroatoms. The fourth-order valence-corrected chi connectivity index (χ4v) is 3.85. The molecule has 1 aliphatic heterocycles. The number of hydrogen-bond donors (Lipinski definition) is 0. The predicted molar refractivity (Wildman–Crippen MR) is 84.0 cm³/mol. The van der Waals surface area contributed by atoms with E-state index in [1.807, 2.05) is 0 Å². The molecule has 2 aliphatic rings. The standard InChI is InChI=1S/C18H34O2/c1-3-5-6-8-15-9-11-16(12-10-15)18-14-19-17(7-4-2)13-20-18/h15-18H,3-14H2,1-2H3. The first kappa shape index (κ1) is 16.3. The van der Waals surface area contributed by atoms with Crippen LogP contribution in [0.15, 0.2) is 0 Å². The van der Waals surface area contributed by atoms with Crippen molar-refractivity contribution in [2.75, 3.05) is 13.2 Å². The Hall–Kier alpha value is -0.0800. The smallest absolute Gasteiger partial charge is 0.0838 e. The SMILES string of the molecule is CCCCCC1CCC(C2COC(CCC)CO2)CC1. The van der Waals surface area contributed by atoms with Gasteiger partial charge in [-0.05, 0) is 31.1 Å². The molecule has 2 unspecified atom stereocenters. The Morgan fingerprint density at radius 3 is 2.20 bits per heavy atom. The molecule has 1 saturated heterocycles. The Morgan fingerprint density at radius 2 is 1.60 bits per heavy atom. The maximum absolute atomic E-state index is 6.09. The molecular formula is C18H34O2. The van der Waals surface area contributed by atoms with Gasteiger partial charge in [-0.1, -0.05) is 58.8 Å². The second-order valence-electron chi connectivity index (χ2n) is 6.89. The van der Waals surface area contributed by atoms with Gasteiger partial charge in [-0.2, -0.15) is 0 Å². The Bertz CT molecular complexity index is 238. The summed E-state index contributed by atoms with van der Waals surface area (Å²) in [6.07, 6.45) is 14.3. The van der Waals surface area contributed by atoms with Gasteiger partial charge in [-0.3, -0.25) is 0 Å². The minimum absolute atomic E-state index is 0.363. The highest BCUT2D eigenvalue weighted by Gasteiger charge is 2.31. The summed E-state index contributed by atoms with van der Waals surface area (Å²) in [7, 11) is 0. The quantitative estimate of drug-likeness (QED) is 0.615. The van der Waals surface area contributed by atoms with Crippen molar-refractivity contribution in [1.82, 2.24) is 0 Å². The molecule has 2 fully saturated rings. The summed E-state index contributed by atoms with van der Waals surface area (Å²) in [6.45, 7) is 6.18. The van der Waals surface area contributed by atoms with Crippen molar-refractivity contribution >= 4 is 0 Å². The minimum Gasteiger partial charge on any atom is -0.373 e. The van der Waals surface area contributed by atoms with Crippen molar-refractivity contribution in [2.45, 2.75) is 90.3 Å². The first-order valence-electron chi connectivity index (χ1n) is 9.06. The van der Waals surface area contributed by atoms with E-state index in [2.05, 4.69) is 13.8 Å². The predicted octanol–water partition coefficient (Wildman–Crippen LogP) is 4.96. The van der Waals surface area contributed by atoms with Gasteiger partial charge in [0.25, 0.3) is 0 Å². The molecule has 0 aromatic rings. The van der Waals surface area contributed by atoms with Crippen molar-refractivity contribution < 1.29 is 9.47 Å². The first-order valence-corrected chi connectivity index (χ1v) is 9.06. The van der Waals surface area contributed by atoms with Crippen molar-refractivity contribution in [2.24, 2.45) is 11.8 Å². The Balaban J connectivity index is 1.62. The molecule has 0 amide bonds. The van der Waals surface area contributed by atoms with Gasteiger partial charge in [0.1, 0.15) is 0 Å². The molecule has 2 rings (SSSR count). The molecule has 0 aromatic carbocycles. The average Bonchev–Trinajstić information content (AvgIpc) is 2.49. The van der Waals surface area contributed by atoms with E-state index < -0.39 is 0 Å². The summed E-state index contributed by atoms with van der Waals surface area (Å²) in [5.74, 6) is 1.76. The van der Waals surface area contributed by atoms with Gasteiger partial charge >= 0.3 is 0 Å². The highest BCUT2D eigenvalue weighted by Crippen LogP contribution is 2.35. The lowest BCUT2D eigenvalue weighted by Gasteiger charge is -2.37. The fraction of sp³-hybridized carbons (Fsp3) is 1.00. The van der Waals surface area contributed by atoms with Crippen LogP contribution in [-0.4, -0.2) is 25.4 Å². The largest absolute Gasteiger partial charge is 0.373 e. The third-order valence-corrected chi connectivity index (χ3v) is 5.24. The van der Waals surface area contributed by atoms with Crippen LogP contribution < -0.4 is 0 Å². The average molecular weight is 282 g/mol. The summed E-state index contributed by atoms with van der Waals surface area (Å²) in [6, 6.07) is 0. The van der Waals surface area contributed by atoms with E-state index in [1.165, 1.54) is 57.8 Å². The van der Waals surface area contributed by atoms with Crippen LogP contribution in [0.3, 0.4) is 0 Å². The second-order valence-corrected chi connectivity index (χ2v) is 6.89. The van der Waals surface area contributed by atoms with Gasteiger partial charge in [0.05, 0.1) is 25.4 Å². The summed E-state index contributed by atoms with van der Waals surface area (Å²) in [4.78, 5) is 0. The van der Waals surface area contributed by atoms with E-state index in [0.29, 0.717) is 12.2 Å². The van der Waals surface area contributed by atoms with E-state index in [1.54, 1.807) is 0 Å². The molecule has 0 spiro atoms. The third-order valence-electron chi connectivity index (χ3n) is 5.24. The van der Waals surface area contributed by atoms with Crippen molar-refractivity contribution in [3.05, 3.63) is 0 Å². The fourth-order valence-electron chi connectivity index (χ4n) is 3.85. The molecule has 0 radical (unpaired) electrons. The molecule has 0 N–H and O–H groups in total. The van der Waals surface area contributed by atoms with Gasteiger partial charge < -0.3 is 9.47 Å². The normalized spacial score (nSPS) is 35.1. The molecule has 1 saturated carbocycles. The van der Waals surface area contributed by atoms with Crippen molar-refractivity contribution in [1.29, 1.82) is 0 Å². The van der Waals surface area contributed by atoms with Crippen LogP contribution in [0.2, 0.25) is 0 Å². The summed E-state index contributed by atoms with van der Waals surface area (Å²) in [5.41, 5.74) is 0. The van der Waals surface area contributed by atoms with Gasteiger partial charge in [-0.25, -0.2) is 0 Å². The molecule has 2 atom stereocenters.